The Hall–Kier alpha value is -3.15. The van der Waals surface area contributed by atoms with E-state index < -0.39 is 0 Å². The number of carbonyl (C=O) groups excluding carboxylic acids is 2. The number of ether oxygens (including phenoxy) is 1. The van der Waals surface area contributed by atoms with Crippen LogP contribution >= 0.6 is 0 Å². The topological polar surface area (TPSA) is 75.3 Å². The third kappa shape index (κ3) is 1.73. The highest BCUT2D eigenvalue weighted by atomic mass is 16.5. The van der Waals surface area contributed by atoms with Gasteiger partial charge in [-0.15, -0.1) is 0 Å². The van der Waals surface area contributed by atoms with Gasteiger partial charge in [0, 0.05) is 21.9 Å². The first-order chi connectivity index (χ1) is 11.5. The second-order valence-electron chi connectivity index (χ2n) is 5.77. The number of anilines is 1. The molecule has 3 aromatic rings. The zero-order valence-electron chi connectivity index (χ0n) is 13.5. The maximum atomic E-state index is 13.0. The molecule has 120 valence electrons. The Morgan fingerprint density at radius 2 is 1.75 bits per heavy atom. The van der Waals surface area contributed by atoms with Crippen molar-refractivity contribution < 1.29 is 14.3 Å². The molecule has 0 fully saturated rings. The van der Waals surface area contributed by atoms with Crippen molar-refractivity contribution in [2.24, 2.45) is 0 Å². The van der Waals surface area contributed by atoms with Gasteiger partial charge in [0.15, 0.2) is 0 Å². The van der Waals surface area contributed by atoms with Crippen LogP contribution in [0.4, 0.5) is 5.69 Å². The predicted molar refractivity (Wildman–Crippen MR) is 89.7 cm³/mol. The minimum absolute atomic E-state index is 0.348. The molecular weight excluding hydrogens is 306 g/mol. The molecule has 2 heterocycles. The average Bonchev–Trinajstić information content (AvgIpc) is 2.91. The summed E-state index contributed by atoms with van der Waals surface area (Å²) in [6, 6.07) is 8.84. The summed E-state index contributed by atoms with van der Waals surface area (Å²) in [5, 5.41) is 8.33. The standard InChI is InChI=1S/C18H15N3O3/c1-9-16(10(2)20-19-9)21-17(22)12-6-4-5-11-14(24-3)8-7-13(15(11)12)18(21)23/h4-8H,1-3H3,(H,19,20). The molecular formula is C18H15N3O3. The summed E-state index contributed by atoms with van der Waals surface area (Å²) in [6.07, 6.45) is 0. The normalized spacial score (nSPS) is 13.7. The number of aromatic amines is 1. The van der Waals surface area contributed by atoms with Crippen LogP contribution in [0.2, 0.25) is 0 Å². The van der Waals surface area contributed by atoms with Crippen molar-refractivity contribution in [1.82, 2.24) is 10.2 Å². The molecule has 1 aromatic heterocycles. The van der Waals surface area contributed by atoms with Crippen molar-refractivity contribution in [2.45, 2.75) is 13.8 Å². The minimum Gasteiger partial charge on any atom is -0.496 e. The van der Waals surface area contributed by atoms with Crippen molar-refractivity contribution in [3.8, 4) is 5.75 Å². The lowest BCUT2D eigenvalue weighted by atomic mass is 9.93. The molecule has 24 heavy (non-hydrogen) atoms. The number of methoxy groups -OCH3 is 1. The maximum Gasteiger partial charge on any atom is 0.266 e. The van der Waals surface area contributed by atoms with E-state index in [0.29, 0.717) is 39.3 Å². The number of hydrogen-bond acceptors (Lipinski definition) is 4. The number of aromatic nitrogens is 2. The molecule has 0 saturated carbocycles. The van der Waals surface area contributed by atoms with Gasteiger partial charge in [-0.1, -0.05) is 12.1 Å². The highest BCUT2D eigenvalue weighted by molar-refractivity contribution is 6.36. The van der Waals surface area contributed by atoms with Gasteiger partial charge in [-0.3, -0.25) is 14.7 Å². The van der Waals surface area contributed by atoms with E-state index in [1.807, 2.05) is 6.07 Å². The fourth-order valence-corrected chi connectivity index (χ4v) is 3.33. The Bertz CT molecular complexity index is 978. The fourth-order valence-electron chi connectivity index (χ4n) is 3.33. The molecule has 1 aliphatic rings. The number of imide groups is 1. The van der Waals surface area contributed by atoms with Crippen molar-refractivity contribution in [1.29, 1.82) is 0 Å². The fraction of sp³-hybridized carbons (Fsp3) is 0.167. The van der Waals surface area contributed by atoms with Crippen molar-refractivity contribution in [2.75, 3.05) is 12.0 Å². The predicted octanol–water partition coefficient (Wildman–Crippen LogP) is 2.99. The quantitative estimate of drug-likeness (QED) is 0.736. The average molecular weight is 321 g/mol. The summed E-state index contributed by atoms with van der Waals surface area (Å²) in [5.41, 5.74) is 2.78. The first-order valence-corrected chi connectivity index (χ1v) is 7.54. The number of benzene rings is 2. The van der Waals surface area contributed by atoms with Gasteiger partial charge in [0.2, 0.25) is 0 Å². The molecule has 0 saturated heterocycles. The number of aryl methyl sites for hydroxylation is 2. The summed E-state index contributed by atoms with van der Waals surface area (Å²) in [5.74, 6) is -0.0572. The second kappa shape index (κ2) is 4.92. The first-order valence-electron chi connectivity index (χ1n) is 7.54. The van der Waals surface area contributed by atoms with Crippen LogP contribution in [-0.4, -0.2) is 29.1 Å². The molecule has 0 unspecified atom stereocenters. The van der Waals surface area contributed by atoms with Crippen LogP contribution in [0.5, 0.6) is 5.75 Å². The minimum atomic E-state index is -0.348. The highest BCUT2D eigenvalue weighted by Gasteiger charge is 2.36. The molecule has 1 aliphatic heterocycles. The lowest BCUT2D eigenvalue weighted by Gasteiger charge is -2.27. The number of H-pyrrole nitrogens is 1. The van der Waals surface area contributed by atoms with Gasteiger partial charge in [-0.25, -0.2) is 4.90 Å². The number of amides is 2. The van der Waals surface area contributed by atoms with E-state index in [9.17, 15) is 9.59 Å². The zero-order chi connectivity index (χ0) is 17.0. The lowest BCUT2D eigenvalue weighted by molar-refractivity contribution is 0.0893. The molecule has 6 heteroatoms. The summed E-state index contributed by atoms with van der Waals surface area (Å²) >= 11 is 0. The van der Waals surface area contributed by atoms with Crippen LogP contribution in [0.3, 0.4) is 0 Å². The second-order valence-corrected chi connectivity index (χ2v) is 5.77. The van der Waals surface area contributed by atoms with Gasteiger partial charge >= 0.3 is 0 Å². The molecule has 2 amide bonds. The van der Waals surface area contributed by atoms with E-state index in [-0.39, 0.29) is 11.8 Å². The molecule has 4 rings (SSSR count). The van der Waals surface area contributed by atoms with Crippen LogP contribution < -0.4 is 9.64 Å². The van der Waals surface area contributed by atoms with Gasteiger partial charge in [-0.2, -0.15) is 5.10 Å². The molecule has 0 aliphatic carbocycles. The van der Waals surface area contributed by atoms with Crippen LogP contribution in [0.15, 0.2) is 30.3 Å². The Labute approximate surface area is 138 Å². The van der Waals surface area contributed by atoms with Crippen LogP contribution in [0, 0.1) is 13.8 Å². The van der Waals surface area contributed by atoms with Crippen LogP contribution in [0.1, 0.15) is 32.1 Å². The Kier molecular flexibility index (Phi) is 2.96. The molecule has 6 nitrogen and oxygen atoms in total. The van der Waals surface area contributed by atoms with Gasteiger partial charge < -0.3 is 4.74 Å². The highest BCUT2D eigenvalue weighted by Crippen LogP contribution is 2.38. The third-order valence-electron chi connectivity index (χ3n) is 4.40. The number of nitrogens with one attached hydrogen (secondary N) is 1. The molecule has 0 spiro atoms. The molecule has 0 bridgehead atoms. The van der Waals surface area contributed by atoms with E-state index in [2.05, 4.69) is 10.2 Å². The zero-order valence-corrected chi connectivity index (χ0v) is 13.5. The lowest BCUT2D eigenvalue weighted by Crippen LogP contribution is -2.41. The van der Waals surface area contributed by atoms with Crippen LogP contribution in [0.25, 0.3) is 10.8 Å². The van der Waals surface area contributed by atoms with E-state index in [1.54, 1.807) is 45.2 Å². The van der Waals surface area contributed by atoms with E-state index >= 15 is 0 Å². The first kappa shape index (κ1) is 14.4. The number of rotatable bonds is 2. The Balaban J connectivity index is 2.03. The van der Waals surface area contributed by atoms with Crippen LogP contribution in [-0.2, 0) is 0 Å². The van der Waals surface area contributed by atoms with Gasteiger partial charge in [0.1, 0.15) is 5.75 Å². The maximum absolute atomic E-state index is 13.0. The van der Waals surface area contributed by atoms with Gasteiger partial charge in [0.05, 0.1) is 24.2 Å². The summed E-state index contributed by atoms with van der Waals surface area (Å²) < 4.78 is 5.36. The number of carbonyl (C=O) groups is 2. The largest absolute Gasteiger partial charge is 0.496 e. The number of nitrogens with zero attached hydrogens (tertiary/aromatic N) is 2. The number of hydrogen-bond donors (Lipinski definition) is 1. The van der Waals surface area contributed by atoms with Crippen molar-refractivity contribution in [3.63, 3.8) is 0 Å². The molecule has 1 N–H and O–H groups in total. The third-order valence-corrected chi connectivity index (χ3v) is 4.40. The van der Waals surface area contributed by atoms with E-state index in [4.69, 9.17) is 4.74 Å². The summed E-state index contributed by atoms with van der Waals surface area (Å²) in [7, 11) is 1.57. The van der Waals surface area contributed by atoms with E-state index in [0.717, 1.165) is 5.39 Å². The molecule has 0 radical (unpaired) electrons. The Morgan fingerprint density at radius 1 is 1.04 bits per heavy atom. The van der Waals surface area contributed by atoms with Gasteiger partial charge in [0.25, 0.3) is 11.8 Å². The smallest absolute Gasteiger partial charge is 0.266 e. The summed E-state index contributed by atoms with van der Waals surface area (Å²) in [4.78, 5) is 27.3. The van der Waals surface area contributed by atoms with Crippen molar-refractivity contribution >= 4 is 28.3 Å². The Morgan fingerprint density at radius 3 is 2.38 bits per heavy atom. The SMILES string of the molecule is COc1ccc2c3c(cccc13)C(=O)N(c1c(C)n[nH]c1C)C2=O. The molecule has 0 atom stereocenters. The van der Waals surface area contributed by atoms with E-state index in [1.165, 1.54) is 4.90 Å². The summed E-state index contributed by atoms with van der Waals surface area (Å²) in [6.45, 7) is 3.56. The van der Waals surface area contributed by atoms with Crippen molar-refractivity contribution in [3.05, 3.63) is 52.8 Å². The molecule has 2 aromatic carbocycles. The van der Waals surface area contributed by atoms with Gasteiger partial charge in [-0.05, 0) is 32.0 Å². The monoisotopic (exact) mass is 321 g/mol.